The van der Waals surface area contributed by atoms with Gasteiger partial charge < -0.3 is 10.5 Å². The van der Waals surface area contributed by atoms with Crippen LogP contribution in [0.1, 0.15) is 19.4 Å². The van der Waals surface area contributed by atoms with E-state index in [1.54, 1.807) is 13.8 Å². The van der Waals surface area contributed by atoms with E-state index < -0.39 is 22.6 Å². The Bertz CT molecular complexity index is 408. The minimum Gasteiger partial charge on any atom is -0.379 e. The van der Waals surface area contributed by atoms with Gasteiger partial charge in [-0.1, -0.05) is 0 Å². The van der Waals surface area contributed by atoms with Crippen LogP contribution >= 0.6 is 0 Å². The number of ether oxygens (including phenoxy) is 1. The summed E-state index contributed by atoms with van der Waals surface area (Å²) < 4.78 is 32.1. The van der Waals surface area contributed by atoms with E-state index in [9.17, 15) is 8.78 Å². The number of rotatable bonds is 2. The second-order valence-corrected chi connectivity index (χ2v) is 4.92. The molecule has 2 N–H and O–H groups in total. The Morgan fingerprint density at radius 2 is 1.94 bits per heavy atom. The quantitative estimate of drug-likeness (QED) is 0.838. The topological polar surface area (TPSA) is 35.2 Å². The normalized spacial score (nSPS) is 19.3. The van der Waals surface area contributed by atoms with Crippen molar-refractivity contribution in [2.75, 3.05) is 13.2 Å². The summed E-state index contributed by atoms with van der Waals surface area (Å²) >= 11 is 0. The lowest BCUT2D eigenvalue weighted by Gasteiger charge is -2.51. The molecule has 0 saturated carbocycles. The first-order valence-corrected chi connectivity index (χ1v) is 5.19. The highest BCUT2D eigenvalue weighted by Gasteiger charge is 2.51. The van der Waals surface area contributed by atoms with Gasteiger partial charge in [0.05, 0.1) is 18.6 Å². The van der Waals surface area contributed by atoms with Crippen molar-refractivity contribution in [3.05, 3.63) is 35.4 Å². The molecule has 0 aromatic heterocycles. The zero-order valence-corrected chi connectivity index (χ0v) is 9.39. The summed E-state index contributed by atoms with van der Waals surface area (Å²) in [6.07, 6.45) is 0. The van der Waals surface area contributed by atoms with E-state index in [1.165, 1.54) is 6.07 Å². The largest absolute Gasteiger partial charge is 0.379 e. The SMILES string of the molecule is CC(C)(N)C1(c2cc(F)ccc2F)COC1. The van der Waals surface area contributed by atoms with Crippen molar-refractivity contribution in [1.82, 2.24) is 0 Å². The predicted molar refractivity (Wildman–Crippen MR) is 57.1 cm³/mol. The molecule has 2 rings (SSSR count). The van der Waals surface area contributed by atoms with E-state index in [0.717, 1.165) is 12.1 Å². The van der Waals surface area contributed by atoms with Crippen molar-refractivity contribution in [2.24, 2.45) is 5.73 Å². The molecule has 1 saturated heterocycles. The Morgan fingerprint density at radius 3 is 2.38 bits per heavy atom. The van der Waals surface area contributed by atoms with E-state index in [2.05, 4.69) is 0 Å². The molecule has 0 atom stereocenters. The lowest BCUT2D eigenvalue weighted by atomic mass is 9.65. The molecule has 2 nitrogen and oxygen atoms in total. The van der Waals surface area contributed by atoms with Crippen LogP contribution in [0.5, 0.6) is 0 Å². The molecule has 1 aromatic rings. The Morgan fingerprint density at radius 1 is 1.31 bits per heavy atom. The minimum absolute atomic E-state index is 0.311. The van der Waals surface area contributed by atoms with Gasteiger partial charge in [-0.05, 0) is 32.0 Å². The van der Waals surface area contributed by atoms with Gasteiger partial charge >= 0.3 is 0 Å². The van der Waals surface area contributed by atoms with Crippen LogP contribution in [-0.2, 0) is 10.2 Å². The predicted octanol–water partition coefficient (Wildman–Crippen LogP) is 1.97. The third-order valence-electron chi connectivity index (χ3n) is 3.37. The molecule has 0 spiro atoms. The van der Waals surface area contributed by atoms with Crippen LogP contribution in [0, 0.1) is 11.6 Å². The highest BCUT2D eigenvalue weighted by molar-refractivity contribution is 5.34. The maximum atomic E-state index is 13.7. The second kappa shape index (κ2) is 3.50. The summed E-state index contributed by atoms with van der Waals surface area (Å²) in [5.41, 5.74) is 5.09. The molecule has 88 valence electrons. The van der Waals surface area contributed by atoms with Gasteiger partial charge in [0, 0.05) is 11.1 Å². The van der Waals surface area contributed by atoms with Crippen LogP contribution in [-0.4, -0.2) is 18.8 Å². The Labute approximate surface area is 93.4 Å². The molecule has 1 aromatic carbocycles. The van der Waals surface area contributed by atoms with Gasteiger partial charge in [0.15, 0.2) is 0 Å². The van der Waals surface area contributed by atoms with Crippen LogP contribution in [0.4, 0.5) is 8.78 Å². The summed E-state index contributed by atoms with van der Waals surface area (Å²) in [6.45, 7) is 4.27. The van der Waals surface area contributed by atoms with Gasteiger partial charge in [0.2, 0.25) is 0 Å². The first-order valence-electron chi connectivity index (χ1n) is 5.19. The first kappa shape index (κ1) is 11.5. The van der Waals surface area contributed by atoms with Crippen LogP contribution < -0.4 is 5.73 Å². The molecule has 0 radical (unpaired) electrons. The van der Waals surface area contributed by atoms with Crippen molar-refractivity contribution in [1.29, 1.82) is 0 Å². The standard InChI is InChI=1S/C12H15F2NO/c1-11(2,15)12(6-16-7-12)9-5-8(13)3-4-10(9)14/h3-5H,6-7,15H2,1-2H3. The van der Waals surface area contributed by atoms with E-state index >= 15 is 0 Å². The fourth-order valence-electron chi connectivity index (χ4n) is 2.05. The van der Waals surface area contributed by atoms with Gasteiger partial charge in [-0.15, -0.1) is 0 Å². The molecule has 16 heavy (non-hydrogen) atoms. The van der Waals surface area contributed by atoms with Crippen LogP contribution in [0.15, 0.2) is 18.2 Å². The monoisotopic (exact) mass is 227 g/mol. The summed E-state index contributed by atoms with van der Waals surface area (Å²) in [5, 5.41) is 0. The van der Waals surface area contributed by atoms with E-state index in [0.29, 0.717) is 18.8 Å². The van der Waals surface area contributed by atoms with Crippen molar-refractivity contribution in [3.8, 4) is 0 Å². The molecule has 0 unspecified atom stereocenters. The fraction of sp³-hybridized carbons (Fsp3) is 0.500. The van der Waals surface area contributed by atoms with Gasteiger partial charge in [-0.2, -0.15) is 0 Å². The Kier molecular flexibility index (Phi) is 2.51. The number of hydrogen-bond acceptors (Lipinski definition) is 2. The molecule has 1 aliphatic rings. The molecule has 0 aliphatic carbocycles. The number of halogens is 2. The molecule has 4 heteroatoms. The highest BCUT2D eigenvalue weighted by Crippen LogP contribution is 2.41. The molecule has 1 fully saturated rings. The zero-order chi connectivity index (χ0) is 12.0. The second-order valence-electron chi connectivity index (χ2n) is 4.92. The number of hydrogen-bond donors (Lipinski definition) is 1. The van der Waals surface area contributed by atoms with E-state index in [-0.39, 0.29) is 0 Å². The first-order chi connectivity index (χ1) is 7.37. The van der Waals surface area contributed by atoms with Crippen LogP contribution in [0.3, 0.4) is 0 Å². The zero-order valence-electron chi connectivity index (χ0n) is 9.39. The summed E-state index contributed by atoms with van der Waals surface area (Å²) in [5.74, 6) is -0.879. The van der Waals surface area contributed by atoms with Gasteiger partial charge in [-0.3, -0.25) is 0 Å². The molecule has 1 heterocycles. The summed E-state index contributed by atoms with van der Waals surface area (Å²) in [6, 6.07) is 3.46. The van der Waals surface area contributed by atoms with E-state index in [4.69, 9.17) is 10.5 Å². The number of nitrogens with two attached hydrogens (primary N) is 1. The van der Waals surface area contributed by atoms with Crippen LogP contribution in [0.25, 0.3) is 0 Å². The summed E-state index contributed by atoms with van der Waals surface area (Å²) in [7, 11) is 0. The lowest BCUT2D eigenvalue weighted by molar-refractivity contribution is -0.0935. The van der Waals surface area contributed by atoms with Crippen molar-refractivity contribution >= 4 is 0 Å². The van der Waals surface area contributed by atoms with Crippen molar-refractivity contribution in [2.45, 2.75) is 24.8 Å². The molecular formula is C12H15F2NO. The van der Waals surface area contributed by atoms with Crippen molar-refractivity contribution in [3.63, 3.8) is 0 Å². The molecular weight excluding hydrogens is 212 g/mol. The molecule has 0 amide bonds. The average molecular weight is 227 g/mol. The van der Waals surface area contributed by atoms with Gasteiger partial charge in [0.1, 0.15) is 11.6 Å². The van der Waals surface area contributed by atoms with E-state index in [1.807, 2.05) is 0 Å². The Balaban J connectivity index is 2.53. The lowest BCUT2D eigenvalue weighted by Crippen LogP contribution is -2.65. The maximum Gasteiger partial charge on any atom is 0.127 e. The summed E-state index contributed by atoms with van der Waals surface area (Å²) in [4.78, 5) is 0. The van der Waals surface area contributed by atoms with Gasteiger partial charge in [0.25, 0.3) is 0 Å². The third-order valence-corrected chi connectivity index (χ3v) is 3.37. The maximum absolute atomic E-state index is 13.7. The number of benzene rings is 1. The Hall–Kier alpha value is -1.00. The van der Waals surface area contributed by atoms with Crippen LogP contribution in [0.2, 0.25) is 0 Å². The van der Waals surface area contributed by atoms with Gasteiger partial charge in [-0.25, -0.2) is 8.78 Å². The molecule has 0 bridgehead atoms. The van der Waals surface area contributed by atoms with Crippen molar-refractivity contribution < 1.29 is 13.5 Å². The fourth-order valence-corrected chi connectivity index (χ4v) is 2.05. The highest BCUT2D eigenvalue weighted by atomic mass is 19.1. The smallest absolute Gasteiger partial charge is 0.127 e. The minimum atomic E-state index is -0.653. The molecule has 1 aliphatic heterocycles. The average Bonchev–Trinajstić information content (AvgIpc) is 2.06. The third kappa shape index (κ3) is 1.53.